The number of benzene rings is 2. The summed E-state index contributed by atoms with van der Waals surface area (Å²) in [5, 5.41) is 9.11. The van der Waals surface area contributed by atoms with Gasteiger partial charge in [0.2, 0.25) is 0 Å². The first kappa shape index (κ1) is 23.0. The van der Waals surface area contributed by atoms with E-state index in [9.17, 15) is 4.79 Å². The van der Waals surface area contributed by atoms with Crippen molar-refractivity contribution in [1.82, 2.24) is 0 Å². The topological polar surface area (TPSA) is 46.5 Å². The number of hydrogen-bond acceptors (Lipinski definition) is 2. The average Bonchev–Trinajstić information content (AvgIpc) is 2.82. The van der Waals surface area contributed by atoms with Crippen LogP contribution in [0.15, 0.2) is 42.5 Å². The van der Waals surface area contributed by atoms with Crippen LogP contribution in [0.4, 0.5) is 0 Å². The maximum absolute atomic E-state index is 11.1. The molecule has 2 aromatic rings. The smallest absolute Gasteiger partial charge is 0.335 e. The molecule has 6 rings (SSSR count). The van der Waals surface area contributed by atoms with Crippen molar-refractivity contribution in [3.05, 3.63) is 64.7 Å². The molecule has 4 bridgehead atoms. The van der Waals surface area contributed by atoms with Crippen LogP contribution in [0.5, 0.6) is 5.75 Å². The van der Waals surface area contributed by atoms with Crippen LogP contribution in [0.2, 0.25) is 0 Å². The summed E-state index contributed by atoms with van der Waals surface area (Å²) in [6, 6.07) is 13.3. The van der Waals surface area contributed by atoms with Crippen molar-refractivity contribution in [3.8, 4) is 17.6 Å². The average molecular weight is 457 g/mol. The van der Waals surface area contributed by atoms with E-state index in [1.54, 1.807) is 24.3 Å². The van der Waals surface area contributed by atoms with E-state index in [2.05, 4.69) is 37.0 Å². The summed E-state index contributed by atoms with van der Waals surface area (Å²) in [6.07, 6.45) is 13.1. The van der Waals surface area contributed by atoms with Crippen LogP contribution in [-0.4, -0.2) is 17.7 Å². The molecule has 0 saturated heterocycles. The Morgan fingerprint density at radius 1 is 0.912 bits per heavy atom. The SMILES string of the molecule is CCCCCCOc1ccc(C#Cc2ccc(C(=O)O)cc2)cc1C12CC3CC(CC(C3)C1)C2. The van der Waals surface area contributed by atoms with Gasteiger partial charge in [0.25, 0.3) is 0 Å². The zero-order valence-corrected chi connectivity index (χ0v) is 20.3. The summed E-state index contributed by atoms with van der Waals surface area (Å²) >= 11 is 0. The largest absolute Gasteiger partial charge is 0.493 e. The summed E-state index contributed by atoms with van der Waals surface area (Å²) in [4.78, 5) is 11.1. The summed E-state index contributed by atoms with van der Waals surface area (Å²) in [5.41, 5.74) is 3.79. The van der Waals surface area contributed by atoms with Crippen molar-refractivity contribution < 1.29 is 14.6 Å². The Morgan fingerprint density at radius 3 is 2.15 bits per heavy atom. The number of carboxylic acids is 1. The minimum absolute atomic E-state index is 0.258. The fourth-order valence-corrected chi connectivity index (χ4v) is 7.14. The third-order valence-electron chi connectivity index (χ3n) is 8.33. The van der Waals surface area contributed by atoms with Crippen molar-refractivity contribution in [2.45, 2.75) is 76.5 Å². The molecule has 4 aliphatic rings. The van der Waals surface area contributed by atoms with Gasteiger partial charge in [-0.15, -0.1) is 0 Å². The Labute approximate surface area is 203 Å². The predicted octanol–water partition coefficient (Wildman–Crippen LogP) is 7.21. The predicted molar refractivity (Wildman–Crippen MR) is 135 cm³/mol. The Kier molecular flexibility index (Phi) is 6.68. The molecule has 4 fully saturated rings. The van der Waals surface area contributed by atoms with Crippen LogP contribution in [0.3, 0.4) is 0 Å². The zero-order valence-electron chi connectivity index (χ0n) is 20.3. The molecule has 1 N–H and O–H groups in total. The highest BCUT2D eigenvalue weighted by molar-refractivity contribution is 5.87. The normalized spacial score (nSPS) is 26.7. The second-order valence-corrected chi connectivity index (χ2v) is 11.0. The summed E-state index contributed by atoms with van der Waals surface area (Å²) in [7, 11) is 0. The van der Waals surface area contributed by atoms with Gasteiger partial charge in [-0.2, -0.15) is 0 Å². The molecule has 0 spiro atoms. The molecule has 0 aromatic heterocycles. The number of unbranched alkanes of at least 4 members (excludes halogenated alkanes) is 3. The highest BCUT2D eigenvalue weighted by atomic mass is 16.5. The molecule has 0 atom stereocenters. The lowest BCUT2D eigenvalue weighted by Gasteiger charge is -2.57. The first-order chi connectivity index (χ1) is 16.5. The van der Waals surface area contributed by atoms with Gasteiger partial charge in [-0.1, -0.05) is 38.0 Å². The van der Waals surface area contributed by atoms with Crippen molar-refractivity contribution in [2.24, 2.45) is 17.8 Å². The van der Waals surface area contributed by atoms with Gasteiger partial charge in [0.05, 0.1) is 12.2 Å². The molecule has 3 heteroatoms. The second kappa shape index (κ2) is 9.87. The molecule has 0 radical (unpaired) electrons. The van der Waals surface area contributed by atoms with Crippen LogP contribution in [0.1, 0.15) is 98.2 Å². The van der Waals surface area contributed by atoms with Crippen LogP contribution < -0.4 is 4.74 Å². The Balaban J connectivity index is 1.42. The van der Waals surface area contributed by atoms with E-state index >= 15 is 0 Å². The van der Waals surface area contributed by atoms with E-state index < -0.39 is 5.97 Å². The third-order valence-corrected chi connectivity index (χ3v) is 8.33. The number of rotatable bonds is 8. The molecule has 4 aliphatic carbocycles. The van der Waals surface area contributed by atoms with E-state index in [1.165, 1.54) is 63.4 Å². The Morgan fingerprint density at radius 2 is 1.53 bits per heavy atom. The van der Waals surface area contributed by atoms with E-state index in [0.717, 1.165) is 47.7 Å². The fraction of sp³-hybridized carbons (Fsp3) is 0.516. The van der Waals surface area contributed by atoms with Crippen molar-refractivity contribution in [3.63, 3.8) is 0 Å². The molecule has 0 aliphatic heterocycles. The molecule has 4 saturated carbocycles. The van der Waals surface area contributed by atoms with Gasteiger partial charge in [0.15, 0.2) is 0 Å². The third kappa shape index (κ3) is 4.88. The van der Waals surface area contributed by atoms with Gasteiger partial charge in [-0.25, -0.2) is 4.79 Å². The van der Waals surface area contributed by atoms with Gasteiger partial charge in [-0.3, -0.25) is 0 Å². The standard InChI is InChI=1S/C31H36O3/c1-2-3-4-5-14-34-29-13-10-23(7-6-22-8-11-27(12-9-22)30(32)33)18-28(29)31-19-24-15-25(20-31)17-26(16-24)21-31/h8-13,18,24-26H,2-5,14-17,19-21H2,1H3,(H,32,33). The van der Waals surface area contributed by atoms with Crippen LogP contribution in [-0.2, 0) is 5.41 Å². The summed E-state index contributed by atoms with van der Waals surface area (Å²) < 4.78 is 6.42. The van der Waals surface area contributed by atoms with Crippen molar-refractivity contribution in [1.29, 1.82) is 0 Å². The first-order valence-electron chi connectivity index (χ1n) is 13.2. The van der Waals surface area contributed by atoms with Gasteiger partial charge in [0, 0.05) is 16.7 Å². The molecule has 34 heavy (non-hydrogen) atoms. The molecule has 0 heterocycles. The zero-order chi connectivity index (χ0) is 23.5. The number of ether oxygens (including phenoxy) is 1. The monoisotopic (exact) mass is 456 g/mol. The Bertz CT molecular complexity index is 1050. The lowest BCUT2D eigenvalue weighted by atomic mass is 9.48. The van der Waals surface area contributed by atoms with E-state index in [0.29, 0.717) is 0 Å². The van der Waals surface area contributed by atoms with Gasteiger partial charge in [0.1, 0.15) is 5.75 Å². The van der Waals surface area contributed by atoms with Crippen molar-refractivity contribution in [2.75, 3.05) is 6.61 Å². The van der Waals surface area contributed by atoms with E-state index in [-0.39, 0.29) is 11.0 Å². The quantitative estimate of drug-likeness (QED) is 0.337. The molecule has 2 aromatic carbocycles. The number of carboxylic acid groups (broad SMARTS) is 1. The summed E-state index contributed by atoms with van der Waals surface area (Å²) in [5.74, 6) is 9.38. The lowest BCUT2D eigenvalue weighted by molar-refractivity contribution is -0.00641. The molecule has 0 unspecified atom stereocenters. The highest BCUT2D eigenvalue weighted by Crippen LogP contribution is 2.61. The lowest BCUT2D eigenvalue weighted by Crippen LogP contribution is -2.48. The number of aromatic carboxylic acids is 1. The number of hydrogen-bond donors (Lipinski definition) is 1. The van der Waals surface area contributed by atoms with Gasteiger partial charge >= 0.3 is 5.97 Å². The maximum atomic E-state index is 11.1. The minimum atomic E-state index is -0.912. The van der Waals surface area contributed by atoms with E-state index in [1.807, 2.05) is 0 Å². The molecular formula is C31H36O3. The maximum Gasteiger partial charge on any atom is 0.335 e. The summed E-state index contributed by atoms with van der Waals surface area (Å²) in [6.45, 7) is 3.03. The molecule has 0 amide bonds. The molecule has 3 nitrogen and oxygen atoms in total. The highest BCUT2D eigenvalue weighted by Gasteiger charge is 2.52. The van der Waals surface area contributed by atoms with Gasteiger partial charge in [-0.05, 0) is 111 Å². The fourth-order valence-electron chi connectivity index (χ4n) is 7.14. The van der Waals surface area contributed by atoms with Crippen molar-refractivity contribution >= 4 is 5.97 Å². The van der Waals surface area contributed by atoms with Gasteiger partial charge < -0.3 is 9.84 Å². The van der Waals surface area contributed by atoms with Crippen LogP contribution in [0, 0.1) is 29.6 Å². The molecular weight excluding hydrogens is 420 g/mol. The molecule has 178 valence electrons. The number of carbonyl (C=O) groups is 1. The minimum Gasteiger partial charge on any atom is -0.493 e. The second-order valence-electron chi connectivity index (χ2n) is 11.0. The van der Waals surface area contributed by atoms with Crippen LogP contribution >= 0.6 is 0 Å². The van der Waals surface area contributed by atoms with E-state index in [4.69, 9.17) is 9.84 Å². The van der Waals surface area contributed by atoms with Crippen LogP contribution in [0.25, 0.3) is 0 Å². The Hall–Kier alpha value is -2.73. The first-order valence-corrected chi connectivity index (χ1v) is 13.2.